The van der Waals surface area contributed by atoms with Crippen LogP contribution in [0.25, 0.3) is 16.6 Å². The van der Waals surface area contributed by atoms with E-state index in [0.29, 0.717) is 18.0 Å². The monoisotopic (exact) mass is 470 g/mol. The van der Waals surface area contributed by atoms with Gasteiger partial charge in [0.1, 0.15) is 17.5 Å². The zero-order valence-corrected chi connectivity index (χ0v) is 20.3. The molecule has 0 spiro atoms. The van der Waals surface area contributed by atoms with Gasteiger partial charge in [-0.15, -0.1) is 0 Å². The Morgan fingerprint density at radius 2 is 1.67 bits per heavy atom. The molecule has 0 aliphatic carbocycles. The lowest BCUT2D eigenvalue weighted by molar-refractivity contribution is 0.0128. The third-order valence-electron chi connectivity index (χ3n) is 5.62. The van der Waals surface area contributed by atoms with Gasteiger partial charge in [0, 0.05) is 49.5 Å². The van der Waals surface area contributed by atoms with Crippen molar-refractivity contribution < 1.29 is 22.7 Å². The average Bonchev–Trinajstić information content (AvgIpc) is 3.18. The van der Waals surface area contributed by atoms with E-state index >= 15 is 0 Å². The average molecular weight is 471 g/mol. The van der Waals surface area contributed by atoms with Crippen molar-refractivity contribution in [3.63, 3.8) is 0 Å². The first-order chi connectivity index (χ1) is 15.5. The maximum Gasteiger partial charge on any atom is 0.410 e. The smallest absolute Gasteiger partial charge is 0.410 e. The van der Waals surface area contributed by atoms with Crippen LogP contribution in [0.2, 0.25) is 0 Å². The predicted octanol–water partition coefficient (Wildman–Crippen LogP) is 4.81. The number of fused-ring (bicyclic) bond motifs is 1. The van der Waals surface area contributed by atoms with Crippen LogP contribution in [-0.4, -0.2) is 55.0 Å². The van der Waals surface area contributed by atoms with Crippen molar-refractivity contribution in [2.24, 2.45) is 0 Å². The Morgan fingerprint density at radius 3 is 2.27 bits per heavy atom. The number of nitrogens with zero attached hydrogens (tertiary/aromatic N) is 2. The molecular weight excluding hydrogens is 440 g/mol. The van der Waals surface area contributed by atoms with Gasteiger partial charge >= 0.3 is 6.09 Å². The number of carbonyl (C=O) groups excluding carboxylic acids is 1. The molecule has 3 aromatic rings. The van der Waals surface area contributed by atoms with Crippen molar-refractivity contribution in [2.45, 2.75) is 50.2 Å². The molecule has 8 heteroatoms. The number of sulfone groups is 1. The first kappa shape index (κ1) is 23.2. The van der Waals surface area contributed by atoms with Crippen molar-refractivity contribution >= 4 is 26.8 Å². The number of hydrogen-bond acceptors (Lipinski definition) is 5. The highest BCUT2D eigenvalue weighted by molar-refractivity contribution is 7.90. The maximum absolute atomic E-state index is 12.3. The first-order valence-corrected chi connectivity index (χ1v) is 13.0. The van der Waals surface area contributed by atoms with Crippen LogP contribution < -0.4 is 4.74 Å². The van der Waals surface area contributed by atoms with Crippen LogP contribution in [0.1, 0.15) is 33.6 Å². The van der Waals surface area contributed by atoms with Gasteiger partial charge in [-0.2, -0.15) is 0 Å². The van der Waals surface area contributed by atoms with Crippen molar-refractivity contribution in [3.8, 4) is 11.4 Å². The van der Waals surface area contributed by atoms with Crippen LogP contribution in [0.15, 0.2) is 59.6 Å². The lowest BCUT2D eigenvalue weighted by atomic mass is 10.1. The van der Waals surface area contributed by atoms with Crippen molar-refractivity contribution in [1.82, 2.24) is 9.47 Å². The molecule has 1 aliphatic heterocycles. The van der Waals surface area contributed by atoms with Gasteiger partial charge in [0.2, 0.25) is 0 Å². The van der Waals surface area contributed by atoms with Crippen molar-refractivity contribution in [3.05, 3.63) is 54.7 Å². The highest BCUT2D eigenvalue weighted by Gasteiger charge is 2.28. The summed E-state index contributed by atoms with van der Waals surface area (Å²) in [5.74, 6) is 0.801. The van der Waals surface area contributed by atoms with E-state index in [-0.39, 0.29) is 12.2 Å². The molecule has 1 aliphatic rings. The van der Waals surface area contributed by atoms with E-state index < -0.39 is 15.4 Å². The summed E-state index contributed by atoms with van der Waals surface area (Å²) in [4.78, 5) is 14.3. The van der Waals surface area contributed by atoms with E-state index in [9.17, 15) is 13.2 Å². The summed E-state index contributed by atoms with van der Waals surface area (Å²) < 4.78 is 37.3. The molecule has 1 amide bonds. The van der Waals surface area contributed by atoms with E-state index in [1.807, 2.05) is 55.8 Å². The van der Waals surface area contributed by atoms with Crippen LogP contribution in [0, 0.1) is 0 Å². The van der Waals surface area contributed by atoms with Gasteiger partial charge in [-0.05, 0) is 63.2 Å². The Balaban J connectivity index is 1.47. The molecule has 2 heterocycles. The van der Waals surface area contributed by atoms with Gasteiger partial charge in [0.15, 0.2) is 9.84 Å². The third-order valence-corrected chi connectivity index (χ3v) is 6.75. The molecule has 1 aromatic heterocycles. The minimum atomic E-state index is -3.23. The van der Waals surface area contributed by atoms with Crippen LogP contribution >= 0.6 is 0 Å². The summed E-state index contributed by atoms with van der Waals surface area (Å²) >= 11 is 0. The number of benzene rings is 2. The van der Waals surface area contributed by atoms with Gasteiger partial charge in [0.05, 0.1) is 10.4 Å². The highest BCUT2D eigenvalue weighted by atomic mass is 32.2. The molecule has 176 valence electrons. The van der Waals surface area contributed by atoms with E-state index in [2.05, 4.69) is 0 Å². The summed E-state index contributed by atoms with van der Waals surface area (Å²) in [6, 6.07) is 14.8. The molecule has 0 saturated carbocycles. The standard InChI is InChI=1S/C25H30N2O5S/c1-25(2,3)32-24(28)26-15-12-19(13-16-26)31-23-7-5-6-22-21(23)14-17-27(22)18-8-10-20(11-9-18)33(4,29)30/h5-11,14,17,19H,12-13,15-16H2,1-4H3. The number of likely N-dealkylation sites (tertiary alicyclic amines) is 1. The molecular formula is C25H30N2O5S. The number of amides is 1. The minimum Gasteiger partial charge on any atom is -0.490 e. The van der Waals surface area contributed by atoms with Crippen LogP contribution in [0.4, 0.5) is 4.79 Å². The van der Waals surface area contributed by atoms with Gasteiger partial charge in [-0.25, -0.2) is 13.2 Å². The molecule has 2 aromatic carbocycles. The predicted molar refractivity (Wildman–Crippen MR) is 128 cm³/mol. The van der Waals surface area contributed by atoms with Crippen LogP contribution in [-0.2, 0) is 14.6 Å². The van der Waals surface area contributed by atoms with Gasteiger partial charge in [-0.1, -0.05) is 6.07 Å². The number of aromatic nitrogens is 1. The largest absolute Gasteiger partial charge is 0.490 e. The van der Waals surface area contributed by atoms with Crippen LogP contribution in [0.5, 0.6) is 5.75 Å². The topological polar surface area (TPSA) is 77.8 Å². The molecule has 0 N–H and O–H groups in total. The number of hydrogen-bond donors (Lipinski definition) is 0. The number of rotatable bonds is 4. The molecule has 1 fully saturated rings. The fraction of sp³-hybridized carbons (Fsp3) is 0.400. The second-order valence-corrected chi connectivity index (χ2v) is 11.4. The minimum absolute atomic E-state index is 0.0201. The fourth-order valence-corrected chi connectivity index (χ4v) is 4.61. The molecule has 1 saturated heterocycles. The molecule has 7 nitrogen and oxygen atoms in total. The number of ether oxygens (including phenoxy) is 2. The number of piperidine rings is 1. The second-order valence-electron chi connectivity index (χ2n) is 9.43. The van der Waals surface area contributed by atoms with E-state index in [0.717, 1.165) is 35.2 Å². The number of carbonyl (C=O) groups is 1. The summed E-state index contributed by atoms with van der Waals surface area (Å²) in [6.07, 6.45) is 4.38. The molecule has 33 heavy (non-hydrogen) atoms. The SMILES string of the molecule is CC(C)(C)OC(=O)N1CCC(Oc2cccc3c2ccn3-c2ccc(S(C)(=O)=O)cc2)CC1. The highest BCUT2D eigenvalue weighted by Crippen LogP contribution is 2.31. The van der Waals surface area contributed by atoms with Gasteiger partial charge < -0.3 is 18.9 Å². The molecule has 0 bridgehead atoms. The van der Waals surface area contributed by atoms with E-state index in [4.69, 9.17) is 9.47 Å². The van der Waals surface area contributed by atoms with Gasteiger partial charge in [0.25, 0.3) is 0 Å². The summed E-state index contributed by atoms with van der Waals surface area (Å²) in [6.45, 7) is 6.81. The lowest BCUT2D eigenvalue weighted by Gasteiger charge is -2.33. The molecule has 4 rings (SSSR count). The van der Waals surface area contributed by atoms with Crippen LogP contribution in [0.3, 0.4) is 0 Å². The lowest BCUT2D eigenvalue weighted by Crippen LogP contribution is -2.44. The van der Waals surface area contributed by atoms with E-state index in [1.54, 1.807) is 29.2 Å². The summed E-state index contributed by atoms with van der Waals surface area (Å²) in [7, 11) is -3.23. The zero-order valence-electron chi connectivity index (χ0n) is 19.4. The quantitative estimate of drug-likeness (QED) is 0.547. The zero-order chi connectivity index (χ0) is 23.8. The Hall–Kier alpha value is -3.00. The Morgan fingerprint density at radius 1 is 1.00 bits per heavy atom. The first-order valence-electron chi connectivity index (χ1n) is 11.1. The Labute approximate surface area is 194 Å². The normalized spacial score (nSPS) is 15.6. The summed E-state index contributed by atoms with van der Waals surface area (Å²) in [5, 5.41) is 0.985. The Kier molecular flexibility index (Phi) is 6.14. The molecule has 0 unspecified atom stereocenters. The van der Waals surface area contributed by atoms with E-state index in [1.165, 1.54) is 6.26 Å². The van der Waals surface area contributed by atoms with Crippen molar-refractivity contribution in [2.75, 3.05) is 19.3 Å². The summed E-state index contributed by atoms with van der Waals surface area (Å²) in [5.41, 5.74) is 1.35. The second kappa shape index (κ2) is 8.74. The maximum atomic E-state index is 12.3. The molecule has 0 atom stereocenters. The molecule has 0 radical (unpaired) electrons. The third kappa shape index (κ3) is 5.33. The van der Waals surface area contributed by atoms with Gasteiger partial charge in [-0.3, -0.25) is 0 Å². The van der Waals surface area contributed by atoms with Crippen molar-refractivity contribution in [1.29, 1.82) is 0 Å². The fourth-order valence-electron chi connectivity index (χ4n) is 3.98. The Bertz CT molecular complexity index is 1250.